The van der Waals surface area contributed by atoms with Crippen molar-refractivity contribution >= 4 is 5.91 Å². The molecular weight excluding hydrogens is 142 g/mol. The monoisotopic (exact) mass is 155 g/mol. The van der Waals surface area contributed by atoms with E-state index in [0.717, 1.165) is 12.8 Å². The Bertz CT molecular complexity index is 162. The number of carbonyl (C=O) groups is 1. The minimum Gasteiger partial charge on any atom is -0.330 e. The highest BCUT2D eigenvalue weighted by Crippen LogP contribution is 2.03. The van der Waals surface area contributed by atoms with Gasteiger partial charge in [0.25, 0.3) is 0 Å². The predicted molar refractivity (Wildman–Crippen MR) is 41.2 cm³/mol. The SMILES string of the molecule is CC(CCCN)C(=O)NC#N. The van der Waals surface area contributed by atoms with E-state index in [0.29, 0.717) is 6.54 Å². The van der Waals surface area contributed by atoms with Crippen molar-refractivity contribution in [1.29, 1.82) is 5.26 Å². The molecule has 0 spiro atoms. The van der Waals surface area contributed by atoms with Gasteiger partial charge in [0.2, 0.25) is 5.91 Å². The summed E-state index contributed by atoms with van der Waals surface area (Å²) in [6.07, 6.45) is 3.15. The highest BCUT2D eigenvalue weighted by atomic mass is 16.1. The van der Waals surface area contributed by atoms with Crippen LogP contribution in [0.25, 0.3) is 0 Å². The van der Waals surface area contributed by atoms with Gasteiger partial charge in [0.15, 0.2) is 6.19 Å². The molecule has 0 bridgehead atoms. The molecule has 11 heavy (non-hydrogen) atoms. The van der Waals surface area contributed by atoms with Gasteiger partial charge in [-0.05, 0) is 19.4 Å². The van der Waals surface area contributed by atoms with Gasteiger partial charge in [-0.3, -0.25) is 10.1 Å². The summed E-state index contributed by atoms with van der Waals surface area (Å²) in [6, 6.07) is 0. The van der Waals surface area contributed by atoms with Crippen molar-refractivity contribution in [3.63, 3.8) is 0 Å². The Balaban J connectivity index is 3.57. The Kier molecular flexibility index (Phi) is 5.13. The van der Waals surface area contributed by atoms with Crippen LogP contribution in [-0.2, 0) is 4.79 Å². The van der Waals surface area contributed by atoms with Crippen LogP contribution in [0.3, 0.4) is 0 Å². The van der Waals surface area contributed by atoms with Gasteiger partial charge in [0, 0.05) is 5.92 Å². The third kappa shape index (κ3) is 4.34. The van der Waals surface area contributed by atoms with Gasteiger partial charge in [-0.2, -0.15) is 5.26 Å². The average molecular weight is 155 g/mol. The summed E-state index contributed by atoms with van der Waals surface area (Å²) in [6.45, 7) is 2.37. The topological polar surface area (TPSA) is 78.9 Å². The number of nitriles is 1. The molecule has 1 unspecified atom stereocenters. The van der Waals surface area contributed by atoms with Crippen molar-refractivity contribution < 1.29 is 4.79 Å². The van der Waals surface area contributed by atoms with Crippen molar-refractivity contribution in [2.75, 3.05) is 6.54 Å². The average Bonchev–Trinajstić information content (AvgIpc) is 2.00. The Hall–Kier alpha value is -1.08. The lowest BCUT2D eigenvalue weighted by Crippen LogP contribution is -2.25. The van der Waals surface area contributed by atoms with E-state index < -0.39 is 0 Å². The number of hydrogen-bond acceptors (Lipinski definition) is 3. The quantitative estimate of drug-likeness (QED) is 0.441. The fourth-order valence-corrected chi connectivity index (χ4v) is 0.733. The summed E-state index contributed by atoms with van der Waals surface area (Å²) < 4.78 is 0. The van der Waals surface area contributed by atoms with Crippen molar-refractivity contribution in [1.82, 2.24) is 5.32 Å². The van der Waals surface area contributed by atoms with E-state index in [1.54, 1.807) is 13.1 Å². The van der Waals surface area contributed by atoms with E-state index in [9.17, 15) is 4.79 Å². The molecule has 4 heteroatoms. The summed E-state index contributed by atoms with van der Waals surface area (Å²) in [5.41, 5.74) is 5.25. The third-order valence-electron chi connectivity index (χ3n) is 1.47. The predicted octanol–water partition coefficient (Wildman–Crippen LogP) is -0.0413. The van der Waals surface area contributed by atoms with E-state index in [1.807, 2.05) is 0 Å². The third-order valence-corrected chi connectivity index (χ3v) is 1.47. The molecule has 0 aliphatic rings. The van der Waals surface area contributed by atoms with Crippen LogP contribution in [0.5, 0.6) is 0 Å². The van der Waals surface area contributed by atoms with Crippen LogP contribution in [-0.4, -0.2) is 12.5 Å². The second kappa shape index (κ2) is 5.69. The van der Waals surface area contributed by atoms with E-state index in [-0.39, 0.29) is 11.8 Å². The molecular formula is C7H13N3O. The Morgan fingerprint density at radius 1 is 1.82 bits per heavy atom. The van der Waals surface area contributed by atoms with Crippen molar-refractivity contribution in [3.05, 3.63) is 0 Å². The molecule has 3 N–H and O–H groups in total. The highest BCUT2D eigenvalue weighted by molar-refractivity contribution is 5.79. The first-order valence-corrected chi connectivity index (χ1v) is 3.61. The maximum Gasteiger partial charge on any atom is 0.235 e. The Labute approximate surface area is 66.4 Å². The Morgan fingerprint density at radius 3 is 2.91 bits per heavy atom. The van der Waals surface area contributed by atoms with E-state index >= 15 is 0 Å². The molecule has 0 aromatic rings. The van der Waals surface area contributed by atoms with Crippen LogP contribution < -0.4 is 11.1 Å². The summed E-state index contributed by atoms with van der Waals surface area (Å²) in [7, 11) is 0. The van der Waals surface area contributed by atoms with Gasteiger partial charge in [0.05, 0.1) is 0 Å². The first-order valence-electron chi connectivity index (χ1n) is 3.61. The molecule has 0 saturated carbocycles. The van der Waals surface area contributed by atoms with Gasteiger partial charge >= 0.3 is 0 Å². The number of hydrogen-bond donors (Lipinski definition) is 2. The number of nitrogens with two attached hydrogens (primary N) is 1. The van der Waals surface area contributed by atoms with E-state index in [1.165, 1.54) is 0 Å². The van der Waals surface area contributed by atoms with E-state index in [4.69, 9.17) is 11.0 Å². The van der Waals surface area contributed by atoms with Crippen LogP contribution in [0.1, 0.15) is 19.8 Å². The van der Waals surface area contributed by atoms with Crippen molar-refractivity contribution in [2.45, 2.75) is 19.8 Å². The van der Waals surface area contributed by atoms with Crippen molar-refractivity contribution in [2.24, 2.45) is 11.7 Å². The van der Waals surface area contributed by atoms with Gasteiger partial charge in [0.1, 0.15) is 0 Å². The first-order chi connectivity index (χ1) is 5.22. The zero-order chi connectivity index (χ0) is 8.69. The minimum atomic E-state index is -0.221. The molecule has 1 atom stereocenters. The Morgan fingerprint density at radius 2 is 2.45 bits per heavy atom. The van der Waals surface area contributed by atoms with Gasteiger partial charge < -0.3 is 5.73 Å². The van der Waals surface area contributed by atoms with Gasteiger partial charge in [-0.15, -0.1) is 0 Å². The molecule has 0 heterocycles. The molecule has 0 radical (unpaired) electrons. The standard InChI is InChI=1S/C7H13N3O/c1-6(3-2-4-8)7(11)10-5-9/h6H,2-4,8H2,1H3,(H,10,11). The molecule has 0 saturated heterocycles. The molecule has 0 aliphatic heterocycles. The molecule has 4 nitrogen and oxygen atoms in total. The fraction of sp³-hybridized carbons (Fsp3) is 0.714. The fourth-order valence-electron chi connectivity index (χ4n) is 0.733. The van der Waals surface area contributed by atoms with Crippen LogP contribution >= 0.6 is 0 Å². The number of rotatable bonds is 4. The maximum absolute atomic E-state index is 10.9. The molecule has 0 aliphatic carbocycles. The van der Waals surface area contributed by atoms with Crippen LogP contribution in [0.2, 0.25) is 0 Å². The lowest BCUT2D eigenvalue weighted by Gasteiger charge is -2.05. The molecule has 0 rings (SSSR count). The first kappa shape index (κ1) is 9.92. The second-order valence-electron chi connectivity index (χ2n) is 2.43. The summed E-state index contributed by atoms with van der Waals surface area (Å²) in [5.74, 6) is -0.334. The van der Waals surface area contributed by atoms with Crippen LogP contribution in [0, 0.1) is 17.4 Å². The van der Waals surface area contributed by atoms with Gasteiger partial charge in [-0.25, -0.2) is 0 Å². The number of nitrogens with zero attached hydrogens (tertiary/aromatic N) is 1. The smallest absolute Gasteiger partial charge is 0.235 e. The molecule has 62 valence electrons. The molecule has 0 fully saturated rings. The number of carbonyl (C=O) groups excluding carboxylic acids is 1. The normalized spacial score (nSPS) is 11.7. The van der Waals surface area contributed by atoms with Crippen LogP contribution in [0.4, 0.5) is 0 Å². The van der Waals surface area contributed by atoms with E-state index in [2.05, 4.69) is 5.32 Å². The second-order valence-corrected chi connectivity index (χ2v) is 2.43. The lowest BCUT2D eigenvalue weighted by atomic mass is 10.1. The minimum absolute atomic E-state index is 0.113. The zero-order valence-electron chi connectivity index (χ0n) is 6.63. The van der Waals surface area contributed by atoms with Crippen molar-refractivity contribution in [3.8, 4) is 6.19 Å². The molecule has 1 amide bonds. The molecule has 0 aromatic carbocycles. The summed E-state index contributed by atoms with van der Waals surface area (Å²) in [4.78, 5) is 10.9. The zero-order valence-corrected chi connectivity index (χ0v) is 6.63. The maximum atomic E-state index is 10.9. The summed E-state index contributed by atoms with van der Waals surface area (Å²) in [5, 5.41) is 10.2. The highest BCUT2D eigenvalue weighted by Gasteiger charge is 2.10. The number of nitrogens with one attached hydrogen (secondary N) is 1. The van der Waals surface area contributed by atoms with Crippen LogP contribution in [0.15, 0.2) is 0 Å². The summed E-state index contributed by atoms with van der Waals surface area (Å²) >= 11 is 0. The lowest BCUT2D eigenvalue weighted by molar-refractivity contribution is -0.123. The molecule has 0 aromatic heterocycles. The largest absolute Gasteiger partial charge is 0.330 e. The number of amides is 1. The van der Waals surface area contributed by atoms with Gasteiger partial charge in [-0.1, -0.05) is 6.92 Å².